The van der Waals surface area contributed by atoms with E-state index in [-0.39, 0.29) is 17.5 Å². The molecule has 0 saturated carbocycles. The highest BCUT2D eigenvalue weighted by Crippen LogP contribution is 2.32. The minimum atomic E-state index is -4.45. The standard InChI is InChI=1S/C19H17F3N2O/c20-19(21,22)16-9-5-4-6-14(16)10-11-18(25)24-13-23-12-17(24)15-7-2-1-3-8-15/h1-11,17,23H,12-13H2. The molecule has 2 aromatic rings. The van der Waals surface area contributed by atoms with Crippen LogP contribution >= 0.6 is 0 Å². The number of hydrogen-bond acceptors (Lipinski definition) is 2. The monoisotopic (exact) mass is 346 g/mol. The molecule has 1 amide bonds. The molecule has 1 atom stereocenters. The second-order valence-corrected chi connectivity index (χ2v) is 5.77. The van der Waals surface area contributed by atoms with Crippen LogP contribution < -0.4 is 5.32 Å². The van der Waals surface area contributed by atoms with Crippen molar-refractivity contribution in [2.45, 2.75) is 12.2 Å². The minimum absolute atomic E-state index is 0.0215. The van der Waals surface area contributed by atoms with Crippen molar-refractivity contribution in [2.75, 3.05) is 13.2 Å². The Labute approximate surface area is 143 Å². The zero-order chi connectivity index (χ0) is 17.9. The highest BCUT2D eigenvalue weighted by molar-refractivity contribution is 5.92. The Morgan fingerprint density at radius 1 is 1.08 bits per heavy atom. The van der Waals surface area contributed by atoms with Crippen molar-refractivity contribution in [1.29, 1.82) is 0 Å². The number of nitrogens with zero attached hydrogens (tertiary/aromatic N) is 1. The van der Waals surface area contributed by atoms with E-state index in [0.717, 1.165) is 11.6 Å². The Balaban J connectivity index is 1.80. The summed E-state index contributed by atoms with van der Waals surface area (Å²) >= 11 is 0. The Morgan fingerprint density at radius 2 is 1.76 bits per heavy atom. The Bertz CT molecular complexity index is 772. The molecule has 1 fully saturated rings. The van der Waals surface area contributed by atoms with E-state index in [0.29, 0.717) is 13.2 Å². The van der Waals surface area contributed by atoms with Gasteiger partial charge in [0.15, 0.2) is 0 Å². The van der Waals surface area contributed by atoms with Crippen LogP contribution in [0.25, 0.3) is 6.08 Å². The molecule has 1 saturated heterocycles. The second-order valence-electron chi connectivity index (χ2n) is 5.77. The van der Waals surface area contributed by atoms with Gasteiger partial charge in [-0.15, -0.1) is 0 Å². The maximum atomic E-state index is 13.0. The van der Waals surface area contributed by atoms with Gasteiger partial charge in [0, 0.05) is 12.6 Å². The van der Waals surface area contributed by atoms with Crippen LogP contribution in [0.15, 0.2) is 60.7 Å². The van der Waals surface area contributed by atoms with Crippen molar-refractivity contribution in [1.82, 2.24) is 10.2 Å². The molecule has 1 aliphatic heterocycles. The van der Waals surface area contributed by atoms with E-state index in [1.807, 2.05) is 30.3 Å². The SMILES string of the molecule is O=C(C=Cc1ccccc1C(F)(F)F)N1CNCC1c1ccccc1. The number of halogens is 3. The fraction of sp³-hybridized carbons (Fsp3) is 0.211. The van der Waals surface area contributed by atoms with Crippen LogP contribution in [0.3, 0.4) is 0 Å². The van der Waals surface area contributed by atoms with Gasteiger partial charge >= 0.3 is 6.18 Å². The largest absolute Gasteiger partial charge is 0.416 e. The van der Waals surface area contributed by atoms with Crippen LogP contribution in [-0.4, -0.2) is 24.0 Å². The number of amides is 1. The van der Waals surface area contributed by atoms with Crippen molar-refractivity contribution in [3.8, 4) is 0 Å². The number of carbonyl (C=O) groups excluding carboxylic acids is 1. The van der Waals surface area contributed by atoms with Crippen LogP contribution in [0.1, 0.15) is 22.7 Å². The molecule has 1 unspecified atom stereocenters. The van der Waals surface area contributed by atoms with Gasteiger partial charge < -0.3 is 4.90 Å². The average molecular weight is 346 g/mol. The first kappa shape index (κ1) is 17.2. The van der Waals surface area contributed by atoms with Crippen molar-refractivity contribution < 1.29 is 18.0 Å². The molecule has 6 heteroatoms. The van der Waals surface area contributed by atoms with Gasteiger partial charge in [0.25, 0.3) is 0 Å². The predicted molar refractivity (Wildman–Crippen MR) is 89.4 cm³/mol. The highest BCUT2D eigenvalue weighted by Gasteiger charge is 2.32. The molecule has 1 heterocycles. The predicted octanol–water partition coefficient (Wildman–Crippen LogP) is 3.85. The molecule has 130 valence electrons. The first-order valence-corrected chi connectivity index (χ1v) is 7.87. The zero-order valence-electron chi connectivity index (χ0n) is 13.3. The number of alkyl halides is 3. The summed E-state index contributed by atoms with van der Waals surface area (Å²) in [5.74, 6) is -0.323. The van der Waals surface area contributed by atoms with E-state index in [2.05, 4.69) is 5.32 Å². The van der Waals surface area contributed by atoms with Crippen molar-refractivity contribution >= 4 is 12.0 Å². The number of carbonyl (C=O) groups is 1. The molecule has 0 bridgehead atoms. The molecule has 0 spiro atoms. The molecule has 2 aromatic carbocycles. The summed E-state index contributed by atoms with van der Waals surface area (Å²) in [4.78, 5) is 14.1. The number of benzene rings is 2. The maximum Gasteiger partial charge on any atom is 0.416 e. The molecule has 0 radical (unpaired) electrons. The summed E-state index contributed by atoms with van der Waals surface area (Å²) in [6, 6.07) is 14.6. The van der Waals surface area contributed by atoms with Gasteiger partial charge in [-0.3, -0.25) is 10.1 Å². The average Bonchev–Trinajstić information content (AvgIpc) is 3.10. The highest BCUT2D eigenvalue weighted by atomic mass is 19.4. The van der Waals surface area contributed by atoms with E-state index in [4.69, 9.17) is 0 Å². The minimum Gasteiger partial charge on any atom is -0.318 e. The van der Waals surface area contributed by atoms with Gasteiger partial charge in [0.2, 0.25) is 5.91 Å². The summed E-state index contributed by atoms with van der Waals surface area (Å²) < 4.78 is 39.1. The van der Waals surface area contributed by atoms with Crippen molar-refractivity contribution in [3.63, 3.8) is 0 Å². The number of hydrogen-bond donors (Lipinski definition) is 1. The quantitative estimate of drug-likeness (QED) is 0.856. The van der Waals surface area contributed by atoms with Crippen molar-refractivity contribution in [3.05, 3.63) is 77.4 Å². The third-order valence-corrected chi connectivity index (χ3v) is 4.14. The number of nitrogens with one attached hydrogen (secondary N) is 1. The fourth-order valence-electron chi connectivity index (χ4n) is 2.90. The van der Waals surface area contributed by atoms with Gasteiger partial charge in [0.1, 0.15) is 0 Å². The summed E-state index contributed by atoms with van der Waals surface area (Å²) in [6.07, 6.45) is -2.02. The summed E-state index contributed by atoms with van der Waals surface area (Å²) in [6.45, 7) is 0.979. The van der Waals surface area contributed by atoms with E-state index >= 15 is 0 Å². The summed E-state index contributed by atoms with van der Waals surface area (Å²) in [5, 5.41) is 3.13. The van der Waals surface area contributed by atoms with Gasteiger partial charge in [-0.1, -0.05) is 48.5 Å². The van der Waals surface area contributed by atoms with E-state index in [1.54, 1.807) is 4.90 Å². The molecule has 3 nitrogen and oxygen atoms in total. The molecule has 1 N–H and O–H groups in total. The Hall–Kier alpha value is -2.60. The van der Waals surface area contributed by atoms with E-state index in [1.165, 1.54) is 30.4 Å². The van der Waals surface area contributed by atoms with Gasteiger partial charge in [0.05, 0.1) is 18.3 Å². The molecule has 1 aliphatic rings. The molecular formula is C19H17F3N2O. The van der Waals surface area contributed by atoms with Crippen LogP contribution in [0.4, 0.5) is 13.2 Å². The summed E-state index contributed by atoms with van der Waals surface area (Å²) in [7, 11) is 0. The van der Waals surface area contributed by atoms with Gasteiger partial charge in [-0.25, -0.2) is 0 Å². The molecule has 25 heavy (non-hydrogen) atoms. The third kappa shape index (κ3) is 3.91. The van der Waals surface area contributed by atoms with Crippen LogP contribution in [-0.2, 0) is 11.0 Å². The van der Waals surface area contributed by atoms with Crippen LogP contribution in [0.5, 0.6) is 0 Å². The number of rotatable bonds is 3. The smallest absolute Gasteiger partial charge is 0.318 e. The Kier molecular flexibility index (Phi) is 4.90. The lowest BCUT2D eigenvalue weighted by Gasteiger charge is -2.22. The fourth-order valence-corrected chi connectivity index (χ4v) is 2.90. The van der Waals surface area contributed by atoms with Crippen molar-refractivity contribution in [2.24, 2.45) is 0 Å². The Morgan fingerprint density at radius 3 is 2.48 bits per heavy atom. The molecule has 0 aromatic heterocycles. The molecular weight excluding hydrogens is 329 g/mol. The lowest BCUT2D eigenvalue weighted by atomic mass is 10.1. The van der Waals surface area contributed by atoms with E-state index in [9.17, 15) is 18.0 Å². The van der Waals surface area contributed by atoms with Crippen LogP contribution in [0.2, 0.25) is 0 Å². The lowest BCUT2D eigenvalue weighted by Crippen LogP contribution is -2.30. The third-order valence-electron chi connectivity index (χ3n) is 4.14. The maximum absolute atomic E-state index is 13.0. The first-order valence-electron chi connectivity index (χ1n) is 7.87. The van der Waals surface area contributed by atoms with Crippen LogP contribution in [0, 0.1) is 0 Å². The lowest BCUT2D eigenvalue weighted by molar-refractivity contribution is -0.137. The van der Waals surface area contributed by atoms with E-state index < -0.39 is 11.7 Å². The molecule has 3 rings (SSSR count). The molecule has 0 aliphatic carbocycles. The second kappa shape index (κ2) is 7.11. The summed E-state index contributed by atoms with van der Waals surface area (Å²) in [5.41, 5.74) is 0.218. The normalized spacial score (nSPS) is 18.0. The van der Waals surface area contributed by atoms with Gasteiger partial charge in [-0.05, 0) is 23.3 Å². The topological polar surface area (TPSA) is 32.3 Å². The van der Waals surface area contributed by atoms with Gasteiger partial charge in [-0.2, -0.15) is 13.2 Å². The first-order chi connectivity index (χ1) is 12.0. The zero-order valence-corrected chi connectivity index (χ0v) is 13.3.